The molecule has 0 unspecified atom stereocenters. The number of aryl methyl sites for hydroxylation is 1. The normalized spacial score (nSPS) is 12.6. The number of carbonyl (C=O) groups is 2. The van der Waals surface area contributed by atoms with Crippen molar-refractivity contribution in [2.75, 3.05) is 11.9 Å². The van der Waals surface area contributed by atoms with Crippen LogP contribution in [-0.4, -0.2) is 34.7 Å². The Morgan fingerprint density at radius 3 is 2.38 bits per heavy atom. The molecule has 3 aromatic rings. The smallest absolute Gasteiger partial charge is 0.251 e. The van der Waals surface area contributed by atoms with Crippen LogP contribution in [0.25, 0.3) is 10.6 Å². The summed E-state index contributed by atoms with van der Waals surface area (Å²) in [6.45, 7) is 8.70. The lowest BCUT2D eigenvalue weighted by Gasteiger charge is -2.23. The van der Waals surface area contributed by atoms with Crippen LogP contribution in [0.2, 0.25) is 0 Å². The molecule has 0 fully saturated rings. The average molecular weight is 481 g/mol. The Hall–Kier alpha value is -3.26. The SMILES string of the molecule is CCCCOc1ccc(C(=O)N[C@H](C(=O)Nc2nnc(-c3ccc(C)cc3)s2)[C@@H](C)CC)cc1. The third-order valence-electron chi connectivity index (χ3n) is 5.62. The molecule has 0 saturated heterocycles. The van der Waals surface area contributed by atoms with Crippen LogP contribution in [0.3, 0.4) is 0 Å². The van der Waals surface area contributed by atoms with E-state index in [9.17, 15) is 9.59 Å². The van der Waals surface area contributed by atoms with Crippen molar-refractivity contribution in [3.8, 4) is 16.3 Å². The first-order valence-electron chi connectivity index (χ1n) is 11.7. The quantitative estimate of drug-likeness (QED) is 0.355. The Balaban J connectivity index is 1.65. The van der Waals surface area contributed by atoms with Gasteiger partial charge in [-0.2, -0.15) is 0 Å². The second-order valence-corrected chi connectivity index (χ2v) is 9.31. The van der Waals surface area contributed by atoms with E-state index in [4.69, 9.17) is 4.74 Å². The molecule has 0 saturated carbocycles. The molecule has 0 aliphatic heterocycles. The van der Waals surface area contributed by atoms with Crippen molar-refractivity contribution in [1.82, 2.24) is 15.5 Å². The predicted molar refractivity (Wildman–Crippen MR) is 136 cm³/mol. The Morgan fingerprint density at radius 2 is 1.74 bits per heavy atom. The summed E-state index contributed by atoms with van der Waals surface area (Å²) in [5.41, 5.74) is 2.58. The van der Waals surface area contributed by atoms with Gasteiger partial charge in [-0.25, -0.2) is 0 Å². The Morgan fingerprint density at radius 1 is 1.03 bits per heavy atom. The molecule has 180 valence electrons. The van der Waals surface area contributed by atoms with Gasteiger partial charge in [0.15, 0.2) is 0 Å². The summed E-state index contributed by atoms with van der Waals surface area (Å²) in [7, 11) is 0. The van der Waals surface area contributed by atoms with Gasteiger partial charge in [-0.15, -0.1) is 10.2 Å². The van der Waals surface area contributed by atoms with Crippen LogP contribution in [-0.2, 0) is 4.79 Å². The zero-order valence-electron chi connectivity index (χ0n) is 20.1. The maximum Gasteiger partial charge on any atom is 0.251 e. The van der Waals surface area contributed by atoms with Crippen LogP contribution in [0.1, 0.15) is 56.0 Å². The zero-order valence-corrected chi connectivity index (χ0v) is 20.9. The minimum atomic E-state index is -0.704. The van der Waals surface area contributed by atoms with Gasteiger partial charge in [0.1, 0.15) is 16.8 Å². The Bertz CT molecular complexity index is 1080. The summed E-state index contributed by atoms with van der Waals surface area (Å²) in [5, 5.41) is 15.1. The van der Waals surface area contributed by atoms with Gasteiger partial charge >= 0.3 is 0 Å². The van der Waals surface area contributed by atoms with Crippen molar-refractivity contribution in [2.24, 2.45) is 5.92 Å². The van der Waals surface area contributed by atoms with Crippen LogP contribution in [0, 0.1) is 12.8 Å². The molecule has 34 heavy (non-hydrogen) atoms. The van der Waals surface area contributed by atoms with Crippen molar-refractivity contribution < 1.29 is 14.3 Å². The molecule has 0 aliphatic rings. The number of rotatable bonds is 11. The fourth-order valence-corrected chi connectivity index (χ4v) is 3.99. The number of carbonyl (C=O) groups excluding carboxylic acids is 2. The molecule has 0 bridgehead atoms. The standard InChI is InChI=1S/C26H32N4O3S/c1-5-7-16-33-21-14-12-19(13-15-21)23(31)27-22(18(4)6-2)24(32)28-26-30-29-25(34-26)20-10-8-17(3)9-11-20/h8-15,18,22H,5-7,16H2,1-4H3,(H,27,31)(H,28,30,32)/t18-,22-/m0/s1. The lowest BCUT2D eigenvalue weighted by Crippen LogP contribution is -2.47. The van der Waals surface area contributed by atoms with Crippen molar-refractivity contribution in [2.45, 2.75) is 53.0 Å². The molecule has 7 nitrogen and oxygen atoms in total. The first kappa shape index (κ1) is 25.4. The number of amides is 2. The number of nitrogens with zero attached hydrogens (tertiary/aromatic N) is 2. The number of benzene rings is 2. The van der Waals surface area contributed by atoms with Crippen LogP contribution in [0.15, 0.2) is 48.5 Å². The summed E-state index contributed by atoms with van der Waals surface area (Å²) in [5.74, 6) is 0.0407. The molecule has 1 heterocycles. The van der Waals surface area contributed by atoms with Gasteiger partial charge in [0.05, 0.1) is 6.61 Å². The Kier molecular flexibility index (Phi) is 9.16. The van der Waals surface area contributed by atoms with Crippen molar-refractivity contribution in [3.63, 3.8) is 0 Å². The highest BCUT2D eigenvalue weighted by Crippen LogP contribution is 2.27. The van der Waals surface area contributed by atoms with E-state index in [2.05, 4.69) is 27.8 Å². The van der Waals surface area contributed by atoms with Crippen LogP contribution >= 0.6 is 11.3 Å². The topological polar surface area (TPSA) is 93.2 Å². The molecule has 0 aliphatic carbocycles. The maximum atomic E-state index is 13.1. The predicted octanol–water partition coefficient (Wildman–Crippen LogP) is 5.48. The van der Waals surface area contributed by atoms with Gasteiger partial charge in [0, 0.05) is 11.1 Å². The summed E-state index contributed by atoms with van der Waals surface area (Å²) in [6, 6.07) is 14.2. The van der Waals surface area contributed by atoms with Crippen molar-refractivity contribution in [1.29, 1.82) is 0 Å². The number of anilines is 1. The summed E-state index contributed by atoms with van der Waals surface area (Å²) in [4.78, 5) is 25.9. The average Bonchev–Trinajstić information content (AvgIpc) is 3.31. The van der Waals surface area contributed by atoms with Gasteiger partial charge in [0.2, 0.25) is 11.0 Å². The largest absolute Gasteiger partial charge is 0.494 e. The number of hydrogen-bond donors (Lipinski definition) is 2. The molecule has 2 amide bonds. The van der Waals surface area contributed by atoms with E-state index >= 15 is 0 Å². The molecule has 1 aromatic heterocycles. The van der Waals surface area contributed by atoms with E-state index in [0.29, 0.717) is 17.3 Å². The molecule has 8 heteroatoms. The van der Waals surface area contributed by atoms with Crippen molar-refractivity contribution in [3.05, 3.63) is 59.7 Å². The second-order valence-electron chi connectivity index (χ2n) is 8.33. The van der Waals surface area contributed by atoms with E-state index in [1.807, 2.05) is 45.0 Å². The molecule has 2 atom stereocenters. The lowest BCUT2D eigenvalue weighted by atomic mass is 9.98. The lowest BCUT2D eigenvalue weighted by molar-refractivity contribution is -0.119. The molecule has 0 radical (unpaired) electrons. The summed E-state index contributed by atoms with van der Waals surface area (Å²) < 4.78 is 5.65. The third kappa shape index (κ3) is 6.87. The van der Waals surface area contributed by atoms with E-state index < -0.39 is 6.04 Å². The number of ether oxygens (including phenoxy) is 1. The number of unbranched alkanes of at least 4 members (excludes halogenated alkanes) is 1. The fraction of sp³-hybridized carbons (Fsp3) is 0.385. The highest BCUT2D eigenvalue weighted by atomic mass is 32.1. The van der Waals surface area contributed by atoms with Gasteiger partial charge in [-0.3, -0.25) is 14.9 Å². The summed E-state index contributed by atoms with van der Waals surface area (Å²) >= 11 is 1.30. The van der Waals surface area contributed by atoms with E-state index in [1.165, 1.54) is 11.3 Å². The van der Waals surface area contributed by atoms with Crippen LogP contribution < -0.4 is 15.4 Å². The molecule has 2 N–H and O–H groups in total. The first-order chi connectivity index (χ1) is 16.4. The Labute approximate surface area is 205 Å². The maximum absolute atomic E-state index is 13.1. The molecular weight excluding hydrogens is 448 g/mol. The highest BCUT2D eigenvalue weighted by molar-refractivity contribution is 7.18. The van der Waals surface area contributed by atoms with Crippen molar-refractivity contribution >= 4 is 28.3 Å². The van der Waals surface area contributed by atoms with Gasteiger partial charge in [-0.05, 0) is 43.5 Å². The molecular formula is C26H32N4O3S. The van der Waals surface area contributed by atoms with Crippen LogP contribution in [0.4, 0.5) is 5.13 Å². The first-order valence-corrected chi connectivity index (χ1v) is 12.5. The summed E-state index contributed by atoms with van der Waals surface area (Å²) in [6.07, 6.45) is 2.77. The van der Waals surface area contributed by atoms with Gasteiger partial charge < -0.3 is 10.1 Å². The van der Waals surface area contributed by atoms with Gasteiger partial charge in [0.25, 0.3) is 5.91 Å². The van der Waals surface area contributed by atoms with E-state index in [-0.39, 0.29) is 17.7 Å². The zero-order chi connectivity index (χ0) is 24.5. The monoisotopic (exact) mass is 480 g/mol. The minimum absolute atomic E-state index is 0.0647. The molecule has 0 spiro atoms. The molecule has 3 rings (SSSR count). The third-order valence-corrected chi connectivity index (χ3v) is 6.51. The van der Waals surface area contributed by atoms with E-state index in [1.54, 1.807) is 24.3 Å². The number of aromatic nitrogens is 2. The number of nitrogens with one attached hydrogen (secondary N) is 2. The van der Waals surface area contributed by atoms with E-state index in [0.717, 1.165) is 41.1 Å². The van der Waals surface area contributed by atoms with Gasteiger partial charge in [-0.1, -0.05) is 74.8 Å². The highest BCUT2D eigenvalue weighted by Gasteiger charge is 2.27. The fourth-order valence-electron chi connectivity index (χ4n) is 3.23. The minimum Gasteiger partial charge on any atom is -0.494 e. The number of hydrogen-bond acceptors (Lipinski definition) is 6. The second kappa shape index (κ2) is 12.3. The van der Waals surface area contributed by atoms with Crippen LogP contribution in [0.5, 0.6) is 5.75 Å². The molecule has 2 aromatic carbocycles.